The van der Waals surface area contributed by atoms with Gasteiger partial charge in [0, 0.05) is 6.42 Å². The number of hydrogen-bond acceptors (Lipinski definition) is 3. The van der Waals surface area contributed by atoms with Gasteiger partial charge in [-0.25, -0.2) is 4.79 Å². The number of ether oxygens (including phenoxy) is 2. The fraction of sp³-hybridized carbons (Fsp3) is 0.667. The summed E-state index contributed by atoms with van der Waals surface area (Å²) < 4.78 is 9.95. The molecule has 0 bridgehead atoms. The van der Waals surface area contributed by atoms with E-state index >= 15 is 0 Å². The maximum Gasteiger partial charge on any atom is 0.337 e. The second kappa shape index (κ2) is 4.14. The summed E-state index contributed by atoms with van der Waals surface area (Å²) in [4.78, 5) is 11.1. The highest BCUT2D eigenvalue weighted by Crippen LogP contribution is 2.27. The monoisotopic (exact) mass is 170 g/mol. The Hall–Kier alpha value is -0.990. The first kappa shape index (κ1) is 9.10. The molecular weight excluding hydrogens is 156 g/mol. The fourth-order valence-corrected chi connectivity index (χ4v) is 1.39. The lowest BCUT2D eigenvalue weighted by Crippen LogP contribution is -2.05. The number of methoxy groups -OCH3 is 1. The Morgan fingerprint density at radius 1 is 1.50 bits per heavy atom. The van der Waals surface area contributed by atoms with Crippen molar-refractivity contribution in [3.63, 3.8) is 0 Å². The van der Waals surface area contributed by atoms with E-state index in [1.165, 1.54) is 7.11 Å². The molecular formula is C9H14O3. The molecule has 0 heterocycles. The van der Waals surface area contributed by atoms with Crippen LogP contribution in [0.2, 0.25) is 0 Å². The van der Waals surface area contributed by atoms with Gasteiger partial charge in [-0.2, -0.15) is 0 Å². The lowest BCUT2D eigenvalue weighted by Gasteiger charge is -2.05. The molecule has 0 saturated heterocycles. The molecule has 68 valence electrons. The van der Waals surface area contributed by atoms with Crippen LogP contribution in [0.3, 0.4) is 0 Å². The molecule has 0 atom stereocenters. The highest BCUT2D eigenvalue weighted by atomic mass is 16.5. The Bertz CT molecular complexity index is 206. The van der Waals surface area contributed by atoms with Gasteiger partial charge in [0.25, 0.3) is 0 Å². The molecule has 0 aromatic carbocycles. The predicted molar refractivity (Wildman–Crippen MR) is 44.5 cm³/mol. The van der Waals surface area contributed by atoms with E-state index in [-0.39, 0.29) is 5.97 Å². The first-order valence-electron chi connectivity index (χ1n) is 4.22. The largest absolute Gasteiger partial charge is 0.498 e. The molecule has 0 unspecified atom stereocenters. The highest BCUT2D eigenvalue weighted by molar-refractivity contribution is 5.89. The molecule has 0 N–H and O–H groups in total. The average molecular weight is 170 g/mol. The third-order valence-corrected chi connectivity index (χ3v) is 1.92. The molecule has 0 amide bonds. The van der Waals surface area contributed by atoms with Crippen LogP contribution in [0, 0.1) is 0 Å². The van der Waals surface area contributed by atoms with Crippen LogP contribution >= 0.6 is 0 Å². The van der Waals surface area contributed by atoms with Crippen molar-refractivity contribution in [2.24, 2.45) is 0 Å². The maximum atomic E-state index is 11.1. The second-order valence-electron chi connectivity index (χ2n) is 2.68. The molecule has 0 radical (unpaired) electrons. The Balaban J connectivity index is 2.69. The van der Waals surface area contributed by atoms with Gasteiger partial charge in [0.2, 0.25) is 0 Å². The van der Waals surface area contributed by atoms with Gasteiger partial charge < -0.3 is 9.47 Å². The summed E-state index contributed by atoms with van der Waals surface area (Å²) in [7, 11) is 1.40. The van der Waals surface area contributed by atoms with Crippen LogP contribution in [0.5, 0.6) is 0 Å². The van der Waals surface area contributed by atoms with Gasteiger partial charge in [-0.3, -0.25) is 0 Å². The van der Waals surface area contributed by atoms with Crippen LogP contribution in [0.25, 0.3) is 0 Å². The molecule has 0 saturated carbocycles. The van der Waals surface area contributed by atoms with E-state index in [4.69, 9.17) is 4.74 Å². The third-order valence-electron chi connectivity index (χ3n) is 1.92. The van der Waals surface area contributed by atoms with Gasteiger partial charge in [-0.1, -0.05) is 0 Å². The van der Waals surface area contributed by atoms with Crippen molar-refractivity contribution in [1.29, 1.82) is 0 Å². The summed E-state index contributed by atoms with van der Waals surface area (Å²) in [5.74, 6) is 0.584. The first-order chi connectivity index (χ1) is 5.79. The van der Waals surface area contributed by atoms with Crippen molar-refractivity contribution in [3.8, 4) is 0 Å². The lowest BCUT2D eigenvalue weighted by atomic mass is 10.2. The van der Waals surface area contributed by atoms with Crippen LogP contribution in [-0.2, 0) is 14.3 Å². The van der Waals surface area contributed by atoms with Gasteiger partial charge in [0.05, 0.1) is 19.3 Å². The van der Waals surface area contributed by atoms with E-state index in [9.17, 15) is 4.79 Å². The minimum Gasteiger partial charge on any atom is -0.498 e. The summed E-state index contributed by atoms with van der Waals surface area (Å²) in [6.45, 7) is 2.54. The number of carbonyl (C=O) groups is 1. The molecule has 0 fully saturated rings. The summed E-state index contributed by atoms with van der Waals surface area (Å²) in [6.07, 6.45) is 2.67. The molecule has 12 heavy (non-hydrogen) atoms. The fourth-order valence-electron chi connectivity index (χ4n) is 1.39. The Labute approximate surface area is 72.4 Å². The maximum absolute atomic E-state index is 11.1. The van der Waals surface area contributed by atoms with Crippen molar-refractivity contribution < 1.29 is 14.3 Å². The summed E-state index contributed by atoms with van der Waals surface area (Å²) >= 11 is 0. The van der Waals surface area contributed by atoms with Crippen LogP contribution in [0.15, 0.2) is 11.3 Å². The predicted octanol–water partition coefficient (Wildman–Crippen LogP) is 1.63. The summed E-state index contributed by atoms with van der Waals surface area (Å²) in [5.41, 5.74) is 0.722. The van der Waals surface area contributed by atoms with E-state index in [0.29, 0.717) is 6.61 Å². The zero-order valence-corrected chi connectivity index (χ0v) is 7.55. The van der Waals surface area contributed by atoms with Gasteiger partial charge in [0.15, 0.2) is 0 Å². The second-order valence-corrected chi connectivity index (χ2v) is 2.68. The molecule has 0 aromatic heterocycles. The van der Waals surface area contributed by atoms with E-state index in [1.54, 1.807) is 0 Å². The number of allylic oxidation sites excluding steroid dienone is 1. The zero-order chi connectivity index (χ0) is 8.97. The summed E-state index contributed by atoms with van der Waals surface area (Å²) in [5, 5.41) is 0. The zero-order valence-electron chi connectivity index (χ0n) is 7.55. The average Bonchev–Trinajstić information content (AvgIpc) is 2.52. The van der Waals surface area contributed by atoms with Crippen molar-refractivity contribution in [2.45, 2.75) is 26.2 Å². The number of rotatable bonds is 3. The summed E-state index contributed by atoms with van der Waals surface area (Å²) in [6, 6.07) is 0. The van der Waals surface area contributed by atoms with Gasteiger partial charge in [0.1, 0.15) is 5.76 Å². The van der Waals surface area contributed by atoms with Crippen LogP contribution in [0.4, 0.5) is 0 Å². The van der Waals surface area contributed by atoms with E-state index in [1.807, 2.05) is 6.92 Å². The minimum absolute atomic E-state index is 0.240. The van der Waals surface area contributed by atoms with Crippen LogP contribution in [-0.4, -0.2) is 19.7 Å². The highest BCUT2D eigenvalue weighted by Gasteiger charge is 2.22. The molecule has 0 aliphatic heterocycles. The van der Waals surface area contributed by atoms with Gasteiger partial charge in [-0.15, -0.1) is 0 Å². The van der Waals surface area contributed by atoms with E-state index in [0.717, 1.165) is 30.6 Å². The number of hydrogen-bond donors (Lipinski definition) is 0. The van der Waals surface area contributed by atoms with Crippen molar-refractivity contribution in [1.82, 2.24) is 0 Å². The minimum atomic E-state index is -0.240. The third kappa shape index (κ3) is 1.78. The van der Waals surface area contributed by atoms with Gasteiger partial charge in [-0.05, 0) is 19.8 Å². The SMILES string of the molecule is CCOC1=C(C(=O)OC)CCC1. The van der Waals surface area contributed by atoms with E-state index < -0.39 is 0 Å². The van der Waals surface area contributed by atoms with Crippen molar-refractivity contribution in [2.75, 3.05) is 13.7 Å². The first-order valence-corrected chi connectivity index (χ1v) is 4.22. The Morgan fingerprint density at radius 2 is 2.25 bits per heavy atom. The Kier molecular flexibility index (Phi) is 3.14. The van der Waals surface area contributed by atoms with Crippen molar-refractivity contribution in [3.05, 3.63) is 11.3 Å². The van der Waals surface area contributed by atoms with E-state index in [2.05, 4.69) is 4.74 Å². The standard InChI is InChI=1S/C9H14O3/c1-3-12-8-6-4-5-7(8)9(10)11-2/h3-6H2,1-2H3. The molecule has 0 spiro atoms. The quantitative estimate of drug-likeness (QED) is 0.604. The van der Waals surface area contributed by atoms with Crippen LogP contribution in [0.1, 0.15) is 26.2 Å². The van der Waals surface area contributed by atoms with Crippen LogP contribution < -0.4 is 0 Å². The normalized spacial score (nSPS) is 16.5. The Morgan fingerprint density at radius 3 is 2.83 bits per heavy atom. The number of esters is 1. The lowest BCUT2D eigenvalue weighted by molar-refractivity contribution is -0.136. The smallest absolute Gasteiger partial charge is 0.337 e. The molecule has 1 aliphatic rings. The molecule has 1 rings (SSSR count). The van der Waals surface area contributed by atoms with Gasteiger partial charge >= 0.3 is 5.97 Å². The molecule has 0 aromatic rings. The molecule has 1 aliphatic carbocycles. The number of carbonyl (C=O) groups excluding carboxylic acids is 1. The topological polar surface area (TPSA) is 35.5 Å². The van der Waals surface area contributed by atoms with Crippen molar-refractivity contribution >= 4 is 5.97 Å². The molecule has 3 nitrogen and oxygen atoms in total. The molecule has 3 heteroatoms.